The number of hydrogen-bond acceptors (Lipinski definition) is 7. The molecule has 0 unspecified atom stereocenters. The molecule has 1 N–H and O–H groups in total. The molecule has 6 nitrogen and oxygen atoms in total. The maximum atomic E-state index is 13.2. The van der Waals surface area contributed by atoms with E-state index in [4.69, 9.17) is 9.84 Å². The van der Waals surface area contributed by atoms with Gasteiger partial charge >= 0.3 is 0 Å². The Balaban J connectivity index is 1.47. The molecule has 0 spiro atoms. The Kier molecular flexibility index (Phi) is 5.70. The molecule has 0 atom stereocenters. The molecule has 27 heavy (non-hydrogen) atoms. The Labute approximate surface area is 165 Å². The molecule has 0 saturated heterocycles. The van der Waals surface area contributed by atoms with E-state index in [1.165, 1.54) is 34.7 Å². The van der Waals surface area contributed by atoms with Gasteiger partial charge in [-0.1, -0.05) is 23.1 Å². The van der Waals surface area contributed by atoms with Crippen LogP contribution in [0, 0.1) is 5.82 Å². The van der Waals surface area contributed by atoms with Gasteiger partial charge in [0.2, 0.25) is 5.13 Å². The van der Waals surface area contributed by atoms with Crippen molar-refractivity contribution in [3.8, 4) is 5.69 Å². The van der Waals surface area contributed by atoms with Crippen LogP contribution in [0.1, 0.15) is 23.4 Å². The highest BCUT2D eigenvalue weighted by atomic mass is 32.2. The number of aromatic nitrogens is 4. The highest BCUT2D eigenvalue weighted by Crippen LogP contribution is 2.33. The SMILES string of the molecule is COCCNc1nnc(SCc2nn(-c3ccc(F)cc3)c3c2CCC3)s1. The van der Waals surface area contributed by atoms with Gasteiger partial charge in [0.15, 0.2) is 4.34 Å². The van der Waals surface area contributed by atoms with Crippen LogP contribution in [-0.4, -0.2) is 40.2 Å². The third kappa shape index (κ3) is 4.15. The summed E-state index contributed by atoms with van der Waals surface area (Å²) in [6.45, 7) is 1.35. The van der Waals surface area contributed by atoms with Crippen LogP contribution in [0.25, 0.3) is 5.69 Å². The minimum Gasteiger partial charge on any atom is -0.383 e. The summed E-state index contributed by atoms with van der Waals surface area (Å²) < 4.78 is 21.1. The van der Waals surface area contributed by atoms with Gasteiger partial charge in [-0.15, -0.1) is 10.2 Å². The van der Waals surface area contributed by atoms with Gasteiger partial charge in [0.25, 0.3) is 0 Å². The first kappa shape index (κ1) is 18.4. The van der Waals surface area contributed by atoms with Crippen LogP contribution in [0.15, 0.2) is 28.6 Å². The summed E-state index contributed by atoms with van der Waals surface area (Å²) in [5, 5.41) is 17.2. The largest absolute Gasteiger partial charge is 0.383 e. The quantitative estimate of drug-likeness (QED) is 0.455. The third-order valence-electron chi connectivity index (χ3n) is 4.41. The van der Waals surface area contributed by atoms with Gasteiger partial charge in [0.05, 0.1) is 18.0 Å². The maximum Gasteiger partial charge on any atom is 0.206 e. The zero-order valence-corrected chi connectivity index (χ0v) is 16.6. The van der Waals surface area contributed by atoms with Crippen molar-refractivity contribution in [3.05, 3.63) is 47.0 Å². The topological polar surface area (TPSA) is 64.9 Å². The first-order valence-electron chi connectivity index (χ1n) is 8.79. The van der Waals surface area contributed by atoms with E-state index >= 15 is 0 Å². The fraction of sp³-hybridized carbons (Fsp3) is 0.389. The molecule has 4 rings (SSSR count). The highest BCUT2D eigenvalue weighted by Gasteiger charge is 2.23. The van der Waals surface area contributed by atoms with E-state index in [9.17, 15) is 4.39 Å². The number of fused-ring (bicyclic) bond motifs is 1. The zero-order valence-electron chi connectivity index (χ0n) is 14.9. The van der Waals surface area contributed by atoms with Crippen molar-refractivity contribution in [2.45, 2.75) is 29.4 Å². The average Bonchev–Trinajstić information content (AvgIpc) is 3.38. The Morgan fingerprint density at radius 2 is 2.11 bits per heavy atom. The number of ether oxygens (including phenoxy) is 1. The predicted molar refractivity (Wildman–Crippen MR) is 105 cm³/mol. The van der Waals surface area contributed by atoms with Crippen LogP contribution in [0.4, 0.5) is 9.52 Å². The molecule has 1 aromatic carbocycles. The Morgan fingerprint density at radius 3 is 2.93 bits per heavy atom. The van der Waals surface area contributed by atoms with Gasteiger partial charge in [0, 0.05) is 25.1 Å². The van der Waals surface area contributed by atoms with Crippen molar-refractivity contribution < 1.29 is 9.13 Å². The molecule has 0 fully saturated rings. The van der Waals surface area contributed by atoms with Gasteiger partial charge in [0.1, 0.15) is 5.82 Å². The van der Waals surface area contributed by atoms with Crippen molar-refractivity contribution in [1.82, 2.24) is 20.0 Å². The summed E-state index contributed by atoms with van der Waals surface area (Å²) in [6, 6.07) is 6.51. The monoisotopic (exact) mass is 405 g/mol. The predicted octanol–water partition coefficient (Wildman–Crippen LogP) is 3.70. The van der Waals surface area contributed by atoms with E-state index in [-0.39, 0.29) is 5.82 Å². The highest BCUT2D eigenvalue weighted by molar-refractivity contribution is 8.00. The standard InChI is InChI=1S/C18H20FN5OS2/c1-25-10-9-20-17-21-22-18(27-17)26-11-15-14-3-2-4-16(14)24(23-15)13-7-5-12(19)6-8-13/h5-8H,2-4,9-11H2,1H3,(H,20,21). The summed E-state index contributed by atoms with van der Waals surface area (Å²) in [7, 11) is 1.67. The minimum atomic E-state index is -0.232. The average molecular weight is 406 g/mol. The van der Waals surface area contributed by atoms with E-state index in [0.29, 0.717) is 13.2 Å². The number of benzene rings is 1. The summed E-state index contributed by atoms with van der Waals surface area (Å²) in [5.41, 5.74) is 4.57. The zero-order chi connectivity index (χ0) is 18.6. The second-order valence-electron chi connectivity index (χ2n) is 6.20. The molecular weight excluding hydrogens is 385 g/mol. The molecular formula is C18H20FN5OS2. The molecule has 9 heteroatoms. The molecule has 142 valence electrons. The smallest absolute Gasteiger partial charge is 0.206 e. The molecule has 0 bridgehead atoms. The van der Waals surface area contributed by atoms with Gasteiger partial charge in [-0.25, -0.2) is 9.07 Å². The van der Waals surface area contributed by atoms with Crippen LogP contribution in [0.2, 0.25) is 0 Å². The number of rotatable bonds is 8. The number of hydrogen-bond donors (Lipinski definition) is 1. The lowest BCUT2D eigenvalue weighted by Gasteiger charge is -2.05. The van der Waals surface area contributed by atoms with Crippen molar-refractivity contribution in [1.29, 1.82) is 0 Å². The summed E-state index contributed by atoms with van der Waals surface area (Å²) >= 11 is 3.19. The lowest BCUT2D eigenvalue weighted by molar-refractivity contribution is 0.211. The normalized spacial score (nSPS) is 13.1. The van der Waals surface area contributed by atoms with Gasteiger partial charge in [-0.2, -0.15) is 5.10 Å². The van der Waals surface area contributed by atoms with E-state index < -0.39 is 0 Å². The Morgan fingerprint density at radius 1 is 1.26 bits per heavy atom. The number of anilines is 1. The molecule has 3 aromatic rings. The number of halogens is 1. The number of thioether (sulfide) groups is 1. The van der Waals surface area contributed by atoms with Crippen LogP contribution in [-0.2, 0) is 23.3 Å². The van der Waals surface area contributed by atoms with Crippen molar-refractivity contribution >= 4 is 28.2 Å². The van der Waals surface area contributed by atoms with Gasteiger partial charge in [-0.3, -0.25) is 0 Å². The molecule has 0 aliphatic heterocycles. The Bertz CT molecular complexity index is 909. The van der Waals surface area contributed by atoms with Crippen molar-refractivity contribution in [3.63, 3.8) is 0 Å². The first-order chi connectivity index (χ1) is 13.2. The number of nitrogens with one attached hydrogen (secondary N) is 1. The molecule has 0 radical (unpaired) electrons. The van der Waals surface area contributed by atoms with Crippen molar-refractivity contribution in [2.24, 2.45) is 0 Å². The van der Waals surface area contributed by atoms with Gasteiger partial charge in [-0.05, 0) is 49.1 Å². The summed E-state index contributed by atoms with van der Waals surface area (Å²) in [5.74, 6) is 0.521. The maximum absolute atomic E-state index is 13.2. The third-order valence-corrected chi connectivity index (χ3v) is 6.43. The van der Waals surface area contributed by atoms with Crippen LogP contribution < -0.4 is 5.32 Å². The summed E-state index contributed by atoms with van der Waals surface area (Å²) in [6.07, 6.45) is 3.20. The molecule has 0 amide bonds. The molecule has 0 saturated carbocycles. The lowest BCUT2D eigenvalue weighted by atomic mass is 10.2. The van der Waals surface area contributed by atoms with E-state index in [2.05, 4.69) is 15.5 Å². The second-order valence-corrected chi connectivity index (χ2v) is 8.40. The molecule has 2 aromatic heterocycles. The number of nitrogens with zero attached hydrogens (tertiary/aromatic N) is 4. The van der Waals surface area contributed by atoms with Gasteiger partial charge < -0.3 is 10.1 Å². The fourth-order valence-corrected chi connectivity index (χ4v) is 4.90. The Hall–Kier alpha value is -1.97. The lowest BCUT2D eigenvalue weighted by Crippen LogP contribution is -2.06. The fourth-order valence-electron chi connectivity index (χ4n) is 3.16. The number of methoxy groups -OCH3 is 1. The van der Waals surface area contributed by atoms with Crippen LogP contribution >= 0.6 is 23.1 Å². The van der Waals surface area contributed by atoms with E-state index in [0.717, 1.165) is 45.9 Å². The van der Waals surface area contributed by atoms with Crippen LogP contribution in [0.5, 0.6) is 0 Å². The van der Waals surface area contributed by atoms with E-state index in [1.807, 2.05) is 4.68 Å². The molecule has 2 heterocycles. The second kappa shape index (κ2) is 8.37. The first-order valence-corrected chi connectivity index (χ1v) is 10.6. The van der Waals surface area contributed by atoms with Crippen LogP contribution in [0.3, 0.4) is 0 Å². The summed E-state index contributed by atoms with van der Waals surface area (Å²) in [4.78, 5) is 0. The minimum absolute atomic E-state index is 0.232. The molecule has 1 aliphatic rings. The molecule has 1 aliphatic carbocycles. The van der Waals surface area contributed by atoms with E-state index in [1.54, 1.807) is 31.0 Å². The van der Waals surface area contributed by atoms with Crippen molar-refractivity contribution in [2.75, 3.05) is 25.6 Å².